The summed E-state index contributed by atoms with van der Waals surface area (Å²) in [5, 5.41) is 112. The Hall–Kier alpha value is -2.15. The van der Waals surface area contributed by atoms with Gasteiger partial charge in [0.05, 0.1) is 44.1 Å². The second-order valence-electron chi connectivity index (χ2n) is 26.1. The lowest BCUT2D eigenvalue weighted by Gasteiger charge is -2.64. The van der Waals surface area contributed by atoms with E-state index in [2.05, 4.69) is 30.7 Å². The average molecular weight is 1290 g/mol. The van der Waals surface area contributed by atoms with Crippen molar-refractivity contribution in [2.45, 2.75) is 234 Å². The quantitative estimate of drug-likeness (QED) is 0.0365. The summed E-state index contributed by atoms with van der Waals surface area (Å²) in [4.78, 5) is 13.9. The summed E-state index contributed by atoms with van der Waals surface area (Å²) in [7, 11) is -9.36. The highest BCUT2D eigenvalue weighted by Gasteiger charge is 2.76. The van der Waals surface area contributed by atoms with Crippen molar-refractivity contribution in [2.24, 2.45) is 39.4 Å². The fourth-order valence-electron chi connectivity index (χ4n) is 16.5. The number of carbonyl (C=O) groups excluding carboxylic acids is 1. The Balaban J connectivity index is 0.936. The van der Waals surface area contributed by atoms with Crippen LogP contribution in [0.1, 0.15) is 80.1 Å². The Morgan fingerprint density at radius 1 is 0.678 bits per heavy atom. The highest BCUT2D eigenvalue weighted by Crippen LogP contribution is 2.76. The smallest absolute Gasteiger partial charge is 0.397 e. The Bertz CT molecular complexity index is 2760. The Morgan fingerprint density at radius 2 is 1.30 bits per heavy atom. The first-order valence-electron chi connectivity index (χ1n) is 29.2. The molecule has 3 saturated carbocycles. The van der Waals surface area contributed by atoms with Gasteiger partial charge in [-0.3, -0.25) is 13.9 Å². The van der Waals surface area contributed by atoms with Gasteiger partial charge in [-0.1, -0.05) is 51.5 Å². The van der Waals surface area contributed by atoms with Crippen molar-refractivity contribution in [1.82, 2.24) is 0 Å². The molecule has 498 valence electrons. The van der Waals surface area contributed by atoms with Crippen molar-refractivity contribution in [3.63, 3.8) is 0 Å². The van der Waals surface area contributed by atoms with Gasteiger partial charge in [-0.25, -0.2) is 8.37 Å². The molecule has 4 aliphatic carbocycles. The highest BCUT2D eigenvalue weighted by molar-refractivity contribution is 7.81. The lowest BCUT2D eigenvalue weighted by Crippen LogP contribution is -2.68. The van der Waals surface area contributed by atoms with Crippen molar-refractivity contribution in [1.29, 1.82) is 0 Å². The van der Waals surface area contributed by atoms with E-state index in [0.717, 1.165) is 12.0 Å². The molecule has 0 amide bonds. The molecule has 12 N–H and O–H groups in total. The van der Waals surface area contributed by atoms with Gasteiger partial charge < -0.3 is 108 Å². The number of carbonyl (C=O) groups is 1. The van der Waals surface area contributed by atoms with E-state index in [-0.39, 0.29) is 35.2 Å². The van der Waals surface area contributed by atoms with Crippen LogP contribution in [0, 0.1) is 39.4 Å². The number of methoxy groups -OCH3 is 1. The molecule has 33 heteroatoms. The summed E-state index contributed by atoms with van der Waals surface area (Å²) in [6.07, 6.45) is -38.4. The van der Waals surface area contributed by atoms with E-state index in [4.69, 9.17) is 61.0 Å². The van der Waals surface area contributed by atoms with Crippen LogP contribution in [0.15, 0.2) is 23.8 Å². The minimum Gasteiger partial charge on any atom is -0.461 e. The summed E-state index contributed by atoms with van der Waals surface area (Å²) >= 11 is 0. The lowest BCUT2D eigenvalue weighted by atomic mass is 9.40. The number of esters is 1. The zero-order valence-electron chi connectivity index (χ0n) is 49.0. The second kappa shape index (κ2) is 25.0. The summed E-state index contributed by atoms with van der Waals surface area (Å²) in [6.45, 7) is 12.8. The minimum absolute atomic E-state index is 0.0430. The van der Waals surface area contributed by atoms with E-state index in [1.54, 1.807) is 0 Å². The van der Waals surface area contributed by atoms with Crippen LogP contribution in [0.25, 0.3) is 0 Å². The Morgan fingerprint density at radius 3 is 1.95 bits per heavy atom. The summed E-state index contributed by atoms with van der Waals surface area (Å²) in [5.41, 5.74) is 0.00968. The standard InChI is InChI=1S/C54H84O31S2/c1-20(2)31-25-15-53(7)23-9-10-29-51(4,5)30(12-13-52(29,6)22(23)11-14-54(31,53)50(65)79-25)80-48-43(34(59)28(18-74-48)85-87(69,70)71)84-49-44(83-46-36(61)35(60)32(57)26(16-55)77-46)37(62)40(21(3)76-49)81-47-39(64)42(33(58)27(78-47)19-75-86(66,67)68)82-45-38(63)41(72-8)24(56)17-73-45/h9,21-22,24-49,55-64H,1,10-19H2,2-8H3,(H,66,67,68)(H,69,70,71)/t21-,22-,24-,25+,26-,27-,28-,29+,30-,31+,32+,33-,34+,35+,36-,37+,38-,39-,40-,41+,42+,43-,44-,45+,46+,47+,48+,49+,52-,53+,54-/m1/s1. The van der Waals surface area contributed by atoms with Crippen LogP contribution in [0.2, 0.25) is 0 Å². The third-order valence-corrected chi connectivity index (χ3v) is 21.7. The number of hydrogen-bond donors (Lipinski definition) is 12. The van der Waals surface area contributed by atoms with E-state index >= 15 is 0 Å². The zero-order valence-corrected chi connectivity index (χ0v) is 50.6. The van der Waals surface area contributed by atoms with Crippen LogP contribution in [0.4, 0.5) is 0 Å². The summed E-state index contributed by atoms with van der Waals surface area (Å²) < 4.78 is 148. The fourth-order valence-corrected chi connectivity index (χ4v) is 17.3. The number of ether oxygens (including phenoxy) is 12. The van der Waals surface area contributed by atoms with Gasteiger partial charge in [0.15, 0.2) is 31.5 Å². The molecule has 0 aromatic heterocycles. The van der Waals surface area contributed by atoms with Gasteiger partial charge in [0.1, 0.15) is 110 Å². The molecule has 9 fully saturated rings. The molecule has 6 aliphatic heterocycles. The first-order chi connectivity index (χ1) is 40.6. The molecule has 0 aromatic carbocycles. The molecule has 10 aliphatic rings. The highest BCUT2D eigenvalue weighted by atomic mass is 32.3. The third-order valence-electron chi connectivity index (χ3n) is 20.8. The van der Waals surface area contributed by atoms with Gasteiger partial charge in [-0.15, -0.1) is 0 Å². The van der Waals surface area contributed by atoms with E-state index in [0.29, 0.717) is 32.1 Å². The summed E-state index contributed by atoms with van der Waals surface area (Å²) in [5.74, 6) is -0.221. The molecular weight excluding hydrogens is 1210 g/mol. The fraction of sp³-hybridized carbons (Fsp3) is 0.907. The predicted octanol–water partition coefficient (Wildman–Crippen LogP) is -3.22. The molecule has 6 heterocycles. The van der Waals surface area contributed by atoms with Crippen molar-refractivity contribution in [3.05, 3.63) is 23.8 Å². The Kier molecular flexibility index (Phi) is 19.4. The maximum Gasteiger partial charge on any atom is 0.397 e. The van der Waals surface area contributed by atoms with Crippen LogP contribution in [-0.2, 0) is 90.8 Å². The SMILES string of the molecule is C=C(C)[C@H]1[C@@H]2C[C@@]3(C)C4=CC[C@H]5C(C)(C)[C@H](O[C@@H]6OC[C@@H](OS(=O)(=O)O)[C@H](O)[C@H]6O[C@@H]6O[C@H](C)[C@@H](O[C@@H]7O[C@H](COS(=O)(=O)O)[C@@H](O)[C@H](O[C@@H]8OC[C@@H](O)[C@H](OC)[C@H]8O)[C@H]7O)[C@H](O)[C@H]6O[C@@H]6O[C@H](CO)[C@H](O)[C@H](O)[C@H]6O)CC[C@]5(C)[C@@H]4CC[C@]13C(=O)O2. The molecule has 2 bridgehead atoms. The Labute approximate surface area is 502 Å². The van der Waals surface area contributed by atoms with Crippen LogP contribution < -0.4 is 0 Å². The molecule has 6 saturated heterocycles. The zero-order chi connectivity index (χ0) is 63.6. The number of rotatable bonds is 18. The van der Waals surface area contributed by atoms with E-state index < -0.39 is 211 Å². The van der Waals surface area contributed by atoms with Gasteiger partial charge in [0.25, 0.3) is 0 Å². The van der Waals surface area contributed by atoms with E-state index in [1.807, 2.05) is 20.8 Å². The molecule has 1 spiro atoms. The molecule has 0 radical (unpaired) electrons. The number of fused-ring (bicyclic) bond motifs is 5. The van der Waals surface area contributed by atoms with Gasteiger partial charge in [0, 0.05) is 18.4 Å². The van der Waals surface area contributed by atoms with Crippen LogP contribution in [0.3, 0.4) is 0 Å². The third kappa shape index (κ3) is 12.1. The molecule has 31 nitrogen and oxygen atoms in total. The number of aliphatic hydroxyl groups is 10. The first-order valence-corrected chi connectivity index (χ1v) is 31.9. The van der Waals surface area contributed by atoms with E-state index in [9.17, 15) is 81.8 Å². The molecule has 31 atom stereocenters. The molecule has 0 unspecified atom stereocenters. The molecule has 87 heavy (non-hydrogen) atoms. The molecular formula is C54H84O31S2. The van der Waals surface area contributed by atoms with Crippen molar-refractivity contribution in [2.75, 3.05) is 33.5 Å². The van der Waals surface area contributed by atoms with Crippen LogP contribution in [-0.4, -0.2) is 270 Å². The molecule has 10 rings (SSSR count). The maximum atomic E-state index is 13.9. The largest absolute Gasteiger partial charge is 0.461 e. The lowest BCUT2D eigenvalue weighted by molar-refractivity contribution is -0.405. The molecule has 0 aromatic rings. The van der Waals surface area contributed by atoms with Gasteiger partial charge >= 0.3 is 26.8 Å². The van der Waals surface area contributed by atoms with E-state index in [1.165, 1.54) is 19.6 Å². The van der Waals surface area contributed by atoms with Crippen molar-refractivity contribution < 1.29 is 147 Å². The normalized spacial score (nSPS) is 50.7. The monoisotopic (exact) mass is 1290 g/mol. The number of aliphatic hydroxyl groups excluding tert-OH is 10. The predicted molar refractivity (Wildman–Crippen MR) is 285 cm³/mol. The van der Waals surface area contributed by atoms with Gasteiger partial charge in [-0.05, 0) is 75.0 Å². The average Bonchev–Trinajstić information content (AvgIpc) is 1.56. The number of hydrogen-bond acceptors (Lipinski definition) is 29. The van der Waals surface area contributed by atoms with Gasteiger partial charge in [0.2, 0.25) is 0 Å². The van der Waals surface area contributed by atoms with Crippen LogP contribution in [0.5, 0.6) is 0 Å². The number of allylic oxidation sites excluding steroid dienone is 2. The van der Waals surface area contributed by atoms with Crippen molar-refractivity contribution >= 4 is 26.8 Å². The maximum absolute atomic E-state index is 13.9. The summed E-state index contributed by atoms with van der Waals surface area (Å²) in [6, 6.07) is 0. The minimum atomic E-state index is -5.30. The van der Waals surface area contributed by atoms with Crippen molar-refractivity contribution in [3.8, 4) is 0 Å². The first kappa shape index (κ1) is 67.7. The topological polar surface area (TPSA) is 457 Å². The van der Waals surface area contributed by atoms with Gasteiger partial charge in [-0.2, -0.15) is 16.8 Å². The second-order valence-corrected chi connectivity index (χ2v) is 28.2. The van der Waals surface area contributed by atoms with Crippen LogP contribution >= 0.6 is 0 Å².